The van der Waals surface area contributed by atoms with Crippen LogP contribution in [0.4, 0.5) is 0 Å². The van der Waals surface area contributed by atoms with Crippen molar-refractivity contribution in [1.82, 2.24) is 0 Å². The van der Waals surface area contributed by atoms with Gasteiger partial charge in [-0.1, -0.05) is 0 Å². The molecule has 4 nitrogen and oxygen atoms in total. The van der Waals surface area contributed by atoms with Gasteiger partial charge in [0.25, 0.3) is 0 Å². The van der Waals surface area contributed by atoms with Gasteiger partial charge in [-0.05, 0) is 13.3 Å². The monoisotopic (exact) mass is 176 g/mol. The van der Waals surface area contributed by atoms with Crippen molar-refractivity contribution in [3.8, 4) is 0 Å². The van der Waals surface area contributed by atoms with Crippen molar-refractivity contribution < 1.29 is 20.1 Å². The minimum absolute atomic E-state index is 0.0221. The molecule has 1 saturated heterocycles. The Balaban J connectivity index is 2.53. The van der Waals surface area contributed by atoms with E-state index in [0.29, 0.717) is 6.42 Å². The summed E-state index contributed by atoms with van der Waals surface area (Å²) >= 11 is 0. The fourth-order valence-electron chi connectivity index (χ4n) is 1.71. The summed E-state index contributed by atoms with van der Waals surface area (Å²) in [5.41, 5.74) is 0. The summed E-state index contributed by atoms with van der Waals surface area (Å²) in [6.45, 7) is 1.70. The molecule has 0 aromatic carbocycles. The van der Waals surface area contributed by atoms with Gasteiger partial charge in [-0.3, -0.25) is 0 Å². The Labute approximate surface area is 71.8 Å². The molecule has 1 aliphatic heterocycles. The molecular weight excluding hydrogens is 160 g/mol. The molecule has 12 heavy (non-hydrogen) atoms. The zero-order chi connectivity index (χ0) is 9.14. The average molecular weight is 176 g/mol. The summed E-state index contributed by atoms with van der Waals surface area (Å²) in [6.07, 6.45) is -0.633. The van der Waals surface area contributed by atoms with E-state index in [1.165, 1.54) is 0 Å². The normalized spacial score (nSPS) is 42.0. The summed E-state index contributed by atoms with van der Waals surface area (Å²) in [7, 11) is 0. The van der Waals surface area contributed by atoms with Gasteiger partial charge in [-0.2, -0.15) is 0 Å². The van der Waals surface area contributed by atoms with Crippen molar-refractivity contribution in [2.24, 2.45) is 5.92 Å². The second-order valence-corrected chi connectivity index (χ2v) is 3.23. The molecule has 3 N–H and O–H groups in total. The van der Waals surface area contributed by atoms with Crippen LogP contribution in [0, 0.1) is 5.92 Å². The SMILES string of the molecule is CC1O[C@H](CO)[C@H](CCO)C1O. The van der Waals surface area contributed by atoms with Crippen molar-refractivity contribution in [2.75, 3.05) is 13.2 Å². The highest BCUT2D eigenvalue weighted by Gasteiger charge is 2.40. The van der Waals surface area contributed by atoms with Gasteiger partial charge in [0.15, 0.2) is 0 Å². The minimum atomic E-state index is -0.561. The van der Waals surface area contributed by atoms with E-state index in [-0.39, 0.29) is 31.3 Å². The number of rotatable bonds is 3. The molecule has 1 fully saturated rings. The van der Waals surface area contributed by atoms with Crippen LogP contribution in [0.25, 0.3) is 0 Å². The van der Waals surface area contributed by atoms with Gasteiger partial charge in [0.1, 0.15) is 0 Å². The van der Waals surface area contributed by atoms with Gasteiger partial charge in [0, 0.05) is 12.5 Å². The quantitative estimate of drug-likeness (QED) is 0.522. The third kappa shape index (κ3) is 1.77. The highest BCUT2D eigenvalue weighted by molar-refractivity contribution is 4.87. The van der Waals surface area contributed by atoms with Gasteiger partial charge in [-0.15, -0.1) is 0 Å². The first-order chi connectivity index (χ1) is 5.70. The molecule has 2 unspecified atom stereocenters. The summed E-state index contributed by atoms with van der Waals surface area (Å²) in [5, 5.41) is 27.1. The van der Waals surface area contributed by atoms with Crippen molar-refractivity contribution in [2.45, 2.75) is 31.7 Å². The topological polar surface area (TPSA) is 69.9 Å². The Kier molecular flexibility index (Phi) is 3.46. The highest BCUT2D eigenvalue weighted by atomic mass is 16.5. The largest absolute Gasteiger partial charge is 0.396 e. The molecule has 72 valence electrons. The van der Waals surface area contributed by atoms with E-state index in [1.807, 2.05) is 0 Å². The maximum absolute atomic E-state index is 9.54. The standard InChI is InChI=1S/C8H16O4/c1-5-8(11)6(2-3-9)7(4-10)12-5/h5-11H,2-4H2,1H3/t5?,6-,7+,8?/m0/s1. The first kappa shape index (κ1) is 9.92. The molecule has 4 heteroatoms. The van der Waals surface area contributed by atoms with Gasteiger partial charge in [0.05, 0.1) is 24.9 Å². The van der Waals surface area contributed by atoms with Crippen molar-refractivity contribution in [3.63, 3.8) is 0 Å². The highest BCUT2D eigenvalue weighted by Crippen LogP contribution is 2.28. The summed E-state index contributed by atoms with van der Waals surface area (Å²) in [5.74, 6) is -0.130. The molecule has 1 aliphatic rings. The van der Waals surface area contributed by atoms with Crippen LogP contribution >= 0.6 is 0 Å². The first-order valence-corrected chi connectivity index (χ1v) is 4.26. The van der Waals surface area contributed by atoms with Crippen LogP contribution in [0.15, 0.2) is 0 Å². The second kappa shape index (κ2) is 4.18. The molecule has 1 heterocycles. The average Bonchev–Trinajstić information content (AvgIpc) is 2.33. The lowest BCUT2D eigenvalue weighted by molar-refractivity contribution is -0.00325. The first-order valence-electron chi connectivity index (χ1n) is 4.26. The Bertz CT molecular complexity index is 139. The smallest absolute Gasteiger partial charge is 0.0865 e. The van der Waals surface area contributed by atoms with E-state index in [4.69, 9.17) is 14.9 Å². The fraction of sp³-hybridized carbons (Fsp3) is 1.00. The third-order valence-corrected chi connectivity index (χ3v) is 2.43. The summed E-state index contributed by atoms with van der Waals surface area (Å²) in [4.78, 5) is 0. The second-order valence-electron chi connectivity index (χ2n) is 3.23. The molecule has 1 rings (SSSR count). The molecule has 0 radical (unpaired) electrons. The van der Waals surface area contributed by atoms with E-state index in [9.17, 15) is 5.11 Å². The number of hydrogen-bond acceptors (Lipinski definition) is 4. The minimum Gasteiger partial charge on any atom is -0.396 e. The van der Waals surface area contributed by atoms with Crippen molar-refractivity contribution in [1.29, 1.82) is 0 Å². The predicted molar refractivity (Wildman–Crippen MR) is 42.6 cm³/mol. The maximum atomic E-state index is 9.54. The van der Waals surface area contributed by atoms with Gasteiger partial charge < -0.3 is 20.1 Å². The maximum Gasteiger partial charge on any atom is 0.0865 e. The van der Waals surface area contributed by atoms with E-state index in [2.05, 4.69) is 0 Å². The van der Waals surface area contributed by atoms with Crippen LogP contribution < -0.4 is 0 Å². The fourth-order valence-corrected chi connectivity index (χ4v) is 1.71. The van der Waals surface area contributed by atoms with Gasteiger partial charge in [-0.25, -0.2) is 0 Å². The van der Waals surface area contributed by atoms with E-state index in [0.717, 1.165) is 0 Å². The van der Waals surface area contributed by atoms with Crippen LogP contribution in [0.5, 0.6) is 0 Å². The molecule has 0 aromatic heterocycles. The predicted octanol–water partition coefficient (Wildman–Crippen LogP) is -0.875. The number of hydrogen-bond donors (Lipinski definition) is 3. The van der Waals surface area contributed by atoms with Gasteiger partial charge in [0.2, 0.25) is 0 Å². The zero-order valence-corrected chi connectivity index (χ0v) is 7.18. The van der Waals surface area contributed by atoms with Crippen LogP contribution in [-0.2, 0) is 4.74 Å². The molecule has 0 aliphatic carbocycles. The van der Waals surface area contributed by atoms with Crippen LogP contribution in [-0.4, -0.2) is 46.8 Å². The molecule has 0 spiro atoms. The lowest BCUT2D eigenvalue weighted by Gasteiger charge is -2.16. The molecule has 0 saturated carbocycles. The van der Waals surface area contributed by atoms with Crippen LogP contribution in [0.2, 0.25) is 0 Å². The Morgan fingerprint density at radius 3 is 2.50 bits per heavy atom. The van der Waals surface area contributed by atoms with E-state index >= 15 is 0 Å². The summed E-state index contributed by atoms with van der Waals surface area (Å²) in [6, 6.07) is 0. The van der Waals surface area contributed by atoms with E-state index < -0.39 is 6.10 Å². The number of ether oxygens (including phenoxy) is 1. The summed E-state index contributed by atoms with van der Waals surface area (Å²) < 4.78 is 5.28. The van der Waals surface area contributed by atoms with E-state index in [1.54, 1.807) is 6.92 Å². The Morgan fingerprint density at radius 1 is 1.33 bits per heavy atom. The number of aliphatic hydroxyl groups excluding tert-OH is 3. The lowest BCUT2D eigenvalue weighted by Crippen LogP contribution is -2.28. The molecule has 0 amide bonds. The van der Waals surface area contributed by atoms with Crippen molar-refractivity contribution in [3.05, 3.63) is 0 Å². The molecular formula is C8H16O4. The lowest BCUT2D eigenvalue weighted by atomic mass is 9.94. The van der Waals surface area contributed by atoms with Crippen LogP contribution in [0.3, 0.4) is 0 Å². The number of aliphatic hydroxyl groups is 3. The third-order valence-electron chi connectivity index (χ3n) is 2.43. The Hall–Kier alpha value is -0.160. The molecule has 0 bridgehead atoms. The van der Waals surface area contributed by atoms with Gasteiger partial charge >= 0.3 is 0 Å². The molecule has 0 aromatic rings. The molecule has 4 atom stereocenters. The van der Waals surface area contributed by atoms with Crippen molar-refractivity contribution >= 4 is 0 Å². The zero-order valence-electron chi connectivity index (χ0n) is 7.18. The van der Waals surface area contributed by atoms with Crippen LogP contribution in [0.1, 0.15) is 13.3 Å². The Morgan fingerprint density at radius 2 is 2.00 bits per heavy atom.